The molecule has 6 heteroatoms. The molecule has 1 saturated heterocycles. The number of carbonyl (C=O) groups excluding carboxylic acids is 1. The summed E-state index contributed by atoms with van der Waals surface area (Å²) in [6, 6.07) is 7.82. The summed E-state index contributed by atoms with van der Waals surface area (Å²) < 4.78 is 4.97. The van der Waals surface area contributed by atoms with Crippen LogP contribution in [-0.4, -0.2) is 24.2 Å². The SMILES string of the molecule is Cc1nc(C)c(CNc2cccc(N3CCOC3=O)c2)s1. The molecule has 1 fully saturated rings. The number of anilines is 2. The van der Waals surface area contributed by atoms with E-state index in [1.807, 2.05) is 38.1 Å². The number of cyclic esters (lactones) is 1. The van der Waals surface area contributed by atoms with Crippen molar-refractivity contribution >= 4 is 28.8 Å². The molecular weight excluding hydrogens is 286 g/mol. The third-order valence-corrected chi connectivity index (χ3v) is 4.44. The molecule has 3 rings (SSSR count). The first-order chi connectivity index (χ1) is 10.1. The van der Waals surface area contributed by atoms with Crippen molar-refractivity contribution in [1.82, 2.24) is 4.98 Å². The molecule has 1 aromatic carbocycles. The maximum Gasteiger partial charge on any atom is 0.414 e. The quantitative estimate of drug-likeness (QED) is 0.941. The van der Waals surface area contributed by atoms with Crippen LogP contribution in [0.2, 0.25) is 0 Å². The van der Waals surface area contributed by atoms with Gasteiger partial charge in [-0.15, -0.1) is 11.3 Å². The zero-order valence-electron chi connectivity index (χ0n) is 12.0. The average molecular weight is 303 g/mol. The van der Waals surface area contributed by atoms with Crippen LogP contribution in [0.4, 0.5) is 16.2 Å². The molecule has 5 nitrogen and oxygen atoms in total. The van der Waals surface area contributed by atoms with Crippen LogP contribution in [0.25, 0.3) is 0 Å². The second-order valence-electron chi connectivity index (χ2n) is 4.91. The first-order valence-corrected chi connectivity index (χ1v) is 7.66. The molecule has 0 unspecified atom stereocenters. The summed E-state index contributed by atoms with van der Waals surface area (Å²) in [6.07, 6.45) is -0.277. The smallest absolute Gasteiger partial charge is 0.414 e. The Labute approximate surface area is 127 Å². The lowest BCUT2D eigenvalue weighted by molar-refractivity contribution is 0.181. The van der Waals surface area contributed by atoms with Gasteiger partial charge in [-0.05, 0) is 32.0 Å². The topological polar surface area (TPSA) is 54.5 Å². The van der Waals surface area contributed by atoms with Crippen LogP contribution in [0.1, 0.15) is 15.6 Å². The van der Waals surface area contributed by atoms with Gasteiger partial charge in [-0.1, -0.05) is 6.07 Å². The van der Waals surface area contributed by atoms with Crippen LogP contribution in [-0.2, 0) is 11.3 Å². The van der Waals surface area contributed by atoms with Crippen molar-refractivity contribution in [2.24, 2.45) is 0 Å². The Morgan fingerprint density at radius 2 is 2.29 bits per heavy atom. The zero-order valence-corrected chi connectivity index (χ0v) is 12.9. The summed E-state index contributed by atoms with van der Waals surface area (Å²) in [5, 5.41) is 4.47. The first-order valence-electron chi connectivity index (χ1n) is 6.84. The summed E-state index contributed by atoms with van der Waals surface area (Å²) in [5.74, 6) is 0. The maximum absolute atomic E-state index is 11.6. The number of ether oxygens (including phenoxy) is 1. The first kappa shape index (κ1) is 13.9. The molecular formula is C15H17N3O2S. The van der Waals surface area contributed by atoms with Gasteiger partial charge in [0.25, 0.3) is 0 Å². The number of hydrogen-bond donors (Lipinski definition) is 1. The highest BCUT2D eigenvalue weighted by Crippen LogP contribution is 2.24. The van der Waals surface area contributed by atoms with E-state index < -0.39 is 0 Å². The average Bonchev–Trinajstić information content (AvgIpc) is 3.02. The van der Waals surface area contributed by atoms with E-state index in [1.54, 1.807) is 16.2 Å². The highest BCUT2D eigenvalue weighted by molar-refractivity contribution is 7.11. The zero-order chi connectivity index (χ0) is 14.8. The minimum absolute atomic E-state index is 0.277. The molecule has 1 aliphatic heterocycles. The predicted molar refractivity (Wildman–Crippen MR) is 84.1 cm³/mol. The number of carbonyl (C=O) groups is 1. The molecule has 0 aliphatic carbocycles. The van der Waals surface area contributed by atoms with Crippen LogP contribution in [0.3, 0.4) is 0 Å². The van der Waals surface area contributed by atoms with Gasteiger partial charge in [-0.25, -0.2) is 9.78 Å². The van der Waals surface area contributed by atoms with E-state index in [0.717, 1.165) is 28.6 Å². The molecule has 0 spiro atoms. The van der Waals surface area contributed by atoms with Crippen LogP contribution in [0.5, 0.6) is 0 Å². The number of nitrogens with zero attached hydrogens (tertiary/aromatic N) is 2. The third-order valence-electron chi connectivity index (χ3n) is 3.37. The molecule has 2 aromatic rings. The van der Waals surface area contributed by atoms with Crippen molar-refractivity contribution in [3.05, 3.63) is 39.8 Å². The third kappa shape index (κ3) is 3.00. The molecule has 1 aromatic heterocycles. The van der Waals surface area contributed by atoms with Gasteiger partial charge in [0.1, 0.15) is 6.61 Å². The monoisotopic (exact) mass is 303 g/mol. The molecule has 0 saturated carbocycles. The van der Waals surface area contributed by atoms with Crippen molar-refractivity contribution in [2.75, 3.05) is 23.4 Å². The number of hydrogen-bond acceptors (Lipinski definition) is 5. The summed E-state index contributed by atoms with van der Waals surface area (Å²) in [4.78, 5) is 18.9. The van der Waals surface area contributed by atoms with Gasteiger partial charge in [0.05, 0.1) is 23.8 Å². The number of nitrogens with one attached hydrogen (secondary N) is 1. The van der Waals surface area contributed by atoms with Crippen molar-refractivity contribution in [2.45, 2.75) is 20.4 Å². The summed E-state index contributed by atoms with van der Waals surface area (Å²) in [6.45, 7) is 5.84. The number of benzene rings is 1. The van der Waals surface area contributed by atoms with Gasteiger partial charge in [0.15, 0.2) is 0 Å². The Kier molecular flexibility index (Phi) is 3.79. The molecule has 1 amide bonds. The molecule has 0 bridgehead atoms. The second-order valence-corrected chi connectivity index (χ2v) is 6.20. The fraction of sp³-hybridized carbons (Fsp3) is 0.333. The van der Waals surface area contributed by atoms with E-state index in [9.17, 15) is 4.79 Å². The lowest BCUT2D eigenvalue weighted by atomic mass is 10.2. The number of aromatic nitrogens is 1. The highest BCUT2D eigenvalue weighted by atomic mass is 32.1. The standard InChI is InChI=1S/C15H17N3O2S/c1-10-14(21-11(2)17-10)9-16-12-4-3-5-13(8-12)18-6-7-20-15(18)19/h3-5,8,16H,6-7,9H2,1-2H3. The molecule has 2 heterocycles. The molecule has 0 radical (unpaired) electrons. The number of thiazole rings is 1. The Balaban J connectivity index is 1.71. The number of amides is 1. The Hall–Kier alpha value is -2.08. The normalized spacial score (nSPS) is 14.4. The maximum atomic E-state index is 11.6. The van der Waals surface area contributed by atoms with Crippen LogP contribution < -0.4 is 10.2 Å². The Morgan fingerprint density at radius 3 is 2.95 bits per heavy atom. The van der Waals surface area contributed by atoms with E-state index in [4.69, 9.17) is 4.74 Å². The van der Waals surface area contributed by atoms with Gasteiger partial charge in [-0.2, -0.15) is 0 Å². The second kappa shape index (κ2) is 5.73. The van der Waals surface area contributed by atoms with E-state index >= 15 is 0 Å². The fourth-order valence-electron chi connectivity index (χ4n) is 2.33. The van der Waals surface area contributed by atoms with Crippen molar-refractivity contribution in [3.63, 3.8) is 0 Å². The summed E-state index contributed by atoms with van der Waals surface area (Å²) >= 11 is 1.71. The highest BCUT2D eigenvalue weighted by Gasteiger charge is 2.23. The lowest BCUT2D eigenvalue weighted by Gasteiger charge is -2.14. The van der Waals surface area contributed by atoms with Crippen molar-refractivity contribution in [3.8, 4) is 0 Å². The van der Waals surface area contributed by atoms with Crippen molar-refractivity contribution < 1.29 is 9.53 Å². The minimum atomic E-state index is -0.277. The number of rotatable bonds is 4. The molecule has 1 N–H and O–H groups in total. The Morgan fingerprint density at radius 1 is 1.43 bits per heavy atom. The van der Waals surface area contributed by atoms with E-state index in [-0.39, 0.29) is 6.09 Å². The van der Waals surface area contributed by atoms with Gasteiger partial charge in [0, 0.05) is 16.3 Å². The van der Waals surface area contributed by atoms with Gasteiger partial charge in [0.2, 0.25) is 0 Å². The van der Waals surface area contributed by atoms with Crippen LogP contribution in [0, 0.1) is 13.8 Å². The van der Waals surface area contributed by atoms with E-state index in [2.05, 4.69) is 10.3 Å². The largest absolute Gasteiger partial charge is 0.447 e. The molecule has 1 aliphatic rings. The summed E-state index contributed by atoms with van der Waals surface area (Å²) in [7, 11) is 0. The molecule has 110 valence electrons. The lowest BCUT2D eigenvalue weighted by Crippen LogP contribution is -2.23. The summed E-state index contributed by atoms with van der Waals surface area (Å²) in [5.41, 5.74) is 2.92. The van der Waals surface area contributed by atoms with Crippen LogP contribution in [0.15, 0.2) is 24.3 Å². The Bertz CT molecular complexity index is 669. The van der Waals surface area contributed by atoms with E-state index in [1.165, 1.54) is 4.88 Å². The molecule has 21 heavy (non-hydrogen) atoms. The predicted octanol–water partition coefficient (Wildman–Crippen LogP) is 3.33. The van der Waals surface area contributed by atoms with Gasteiger partial charge in [-0.3, -0.25) is 4.90 Å². The van der Waals surface area contributed by atoms with Gasteiger partial charge < -0.3 is 10.1 Å². The van der Waals surface area contributed by atoms with Gasteiger partial charge >= 0.3 is 6.09 Å². The van der Waals surface area contributed by atoms with Crippen molar-refractivity contribution in [1.29, 1.82) is 0 Å². The number of aryl methyl sites for hydroxylation is 2. The molecule has 0 atom stereocenters. The minimum Gasteiger partial charge on any atom is -0.447 e. The van der Waals surface area contributed by atoms with E-state index in [0.29, 0.717) is 13.2 Å². The van der Waals surface area contributed by atoms with Crippen LogP contribution >= 0.6 is 11.3 Å². The fourth-order valence-corrected chi connectivity index (χ4v) is 3.21.